The number of anilines is 2. The molecule has 0 aliphatic heterocycles. The normalized spacial score (nSPS) is 12.6. The van der Waals surface area contributed by atoms with Gasteiger partial charge in [-0.25, -0.2) is 30.3 Å². The van der Waals surface area contributed by atoms with Crippen LogP contribution in [0.2, 0.25) is 0 Å². The zero-order chi connectivity index (χ0) is 44.8. The minimum Gasteiger partial charge on any atom is -0.294 e. The predicted octanol–water partition coefficient (Wildman–Crippen LogP) is 7.71. The van der Waals surface area contributed by atoms with Gasteiger partial charge in [-0.2, -0.15) is 21.6 Å². The zero-order valence-corrected chi connectivity index (χ0v) is 35.7. The van der Waals surface area contributed by atoms with Gasteiger partial charge in [0.15, 0.2) is 17.3 Å². The van der Waals surface area contributed by atoms with E-state index in [4.69, 9.17) is 0 Å². The van der Waals surface area contributed by atoms with E-state index in [0.717, 1.165) is 36.3 Å². The molecule has 0 unspecified atom stereocenters. The van der Waals surface area contributed by atoms with Crippen molar-refractivity contribution in [3.63, 3.8) is 0 Å². The highest BCUT2D eigenvalue weighted by atomic mass is 32.2. The second-order valence-corrected chi connectivity index (χ2v) is 21.1. The molecule has 0 fully saturated rings. The molecule has 0 bridgehead atoms. The van der Waals surface area contributed by atoms with Gasteiger partial charge in [0.05, 0.1) is 35.0 Å². The molecule has 0 aliphatic carbocycles. The summed E-state index contributed by atoms with van der Waals surface area (Å²) < 4.78 is 135. The van der Waals surface area contributed by atoms with Gasteiger partial charge in [-0.15, -0.1) is 0 Å². The first-order chi connectivity index (χ1) is 25.4. The van der Waals surface area contributed by atoms with Crippen molar-refractivity contribution in [1.82, 2.24) is 4.72 Å². The highest BCUT2D eigenvalue weighted by molar-refractivity contribution is 7.93. The van der Waals surface area contributed by atoms with E-state index in [9.17, 15) is 61.6 Å². The van der Waals surface area contributed by atoms with Gasteiger partial charge in [0.25, 0.3) is 0 Å². The Morgan fingerprint density at radius 1 is 0.544 bits per heavy atom. The Labute approximate surface area is 331 Å². The number of halogens is 5. The van der Waals surface area contributed by atoms with Crippen LogP contribution in [-0.2, 0) is 36.6 Å². The number of sulfonamides is 3. The second kappa shape index (κ2) is 18.5. The van der Waals surface area contributed by atoms with Crippen molar-refractivity contribution in [2.24, 2.45) is 16.2 Å². The number of Topliss-reactive ketones (excluding diaryl/α,β-unsaturated/α-hetero) is 3. The van der Waals surface area contributed by atoms with Gasteiger partial charge in [0.2, 0.25) is 20.0 Å². The van der Waals surface area contributed by atoms with Crippen LogP contribution in [-0.4, -0.2) is 60.6 Å². The number of carbonyl (C=O) groups excluding carboxylic acids is 3. The predicted molar refractivity (Wildman–Crippen MR) is 209 cm³/mol. The van der Waals surface area contributed by atoms with E-state index in [1.807, 2.05) is 20.8 Å². The van der Waals surface area contributed by atoms with E-state index in [1.165, 1.54) is 16.9 Å². The highest BCUT2D eigenvalue weighted by Gasteiger charge is 2.46. The molecule has 57 heavy (non-hydrogen) atoms. The lowest BCUT2D eigenvalue weighted by atomic mass is 9.86. The summed E-state index contributed by atoms with van der Waals surface area (Å²) in [7, 11) is -12.3. The molecule has 0 amide bonds. The second-order valence-electron chi connectivity index (χ2n) is 15.8. The largest absolute Gasteiger partial charge is 0.516 e. The van der Waals surface area contributed by atoms with E-state index < -0.39 is 74.9 Å². The van der Waals surface area contributed by atoms with Crippen LogP contribution in [0.15, 0.2) is 60.7 Å². The first-order valence-corrected chi connectivity index (χ1v) is 22.0. The van der Waals surface area contributed by atoms with Gasteiger partial charge < -0.3 is 0 Å². The van der Waals surface area contributed by atoms with Gasteiger partial charge in [-0.3, -0.25) is 23.8 Å². The molecule has 3 aromatic carbocycles. The number of hydrogen-bond donors (Lipinski definition) is 3. The molecule has 0 aromatic heterocycles. The highest BCUT2D eigenvalue weighted by Crippen LogP contribution is 2.29. The van der Waals surface area contributed by atoms with Gasteiger partial charge in [-0.1, -0.05) is 86.6 Å². The van der Waals surface area contributed by atoms with Crippen LogP contribution in [0.4, 0.5) is 33.3 Å². The third-order valence-electron chi connectivity index (χ3n) is 7.09. The third-order valence-corrected chi connectivity index (χ3v) is 9.47. The topological polar surface area (TPSA) is 190 Å². The maximum absolute atomic E-state index is 13.8. The maximum atomic E-state index is 13.8. The summed E-state index contributed by atoms with van der Waals surface area (Å²) in [6.45, 7) is 15.6. The first kappa shape index (κ1) is 50.7. The molecule has 12 nitrogen and oxygen atoms in total. The van der Waals surface area contributed by atoms with Gasteiger partial charge in [-0.05, 0) is 42.0 Å². The maximum Gasteiger partial charge on any atom is 0.516 e. The van der Waals surface area contributed by atoms with Crippen molar-refractivity contribution in [3.8, 4) is 0 Å². The van der Waals surface area contributed by atoms with E-state index in [0.29, 0.717) is 11.6 Å². The molecule has 0 saturated heterocycles. The summed E-state index contributed by atoms with van der Waals surface area (Å²) in [5, 5.41) is 0. The molecule has 0 spiro atoms. The third kappa shape index (κ3) is 17.0. The fourth-order valence-electron chi connectivity index (χ4n) is 4.18. The summed E-state index contributed by atoms with van der Waals surface area (Å²) in [6, 6.07) is 13.0. The SMILES string of the molecule is CC(C)(C)C(=O)c1ccc(CNS(C)(=O)=O)cc1.CC(C)(C)C(=O)c1ccc(NS(=O)(=O)C(F)(F)F)cc1F.CC(C)(C)C(=O)c1ccc(NS(C)(=O)=O)cc1F. The fraction of sp³-hybridized carbons (Fsp3) is 0.432. The summed E-state index contributed by atoms with van der Waals surface area (Å²) in [4.78, 5) is 35.8. The molecule has 0 heterocycles. The molecule has 0 saturated carbocycles. The summed E-state index contributed by atoms with van der Waals surface area (Å²) >= 11 is 0. The van der Waals surface area contributed by atoms with E-state index in [1.54, 1.807) is 65.8 Å². The van der Waals surface area contributed by atoms with Gasteiger partial charge in [0.1, 0.15) is 11.6 Å². The Hall–Kier alpha value is -4.27. The van der Waals surface area contributed by atoms with Crippen LogP contribution < -0.4 is 14.2 Å². The molecule has 0 atom stereocenters. The lowest BCUT2D eigenvalue weighted by Gasteiger charge is -2.17. The Balaban J connectivity index is 0.000000429. The standard InChI is InChI=1S/C13H19NO3S.C12H13F4NO3S.C12H16FNO3S/c1-13(2,3)12(15)11-7-5-10(6-8-11)9-14-18(4,16)17;1-11(2,3)10(18)8-5-4-7(6-9(8)13)17-21(19,20)12(14,15)16;1-12(2,3)11(15)9-6-5-8(7-10(9)13)14-18(4,16)17/h5-8,14H,9H2,1-4H3;4-6,17H,1-3H3;5-7,14H,1-4H3. The number of nitrogens with one attached hydrogen (secondary N) is 3. The Bertz CT molecular complexity index is 2280. The number of hydrogen-bond acceptors (Lipinski definition) is 9. The van der Waals surface area contributed by atoms with Crippen molar-refractivity contribution in [3.05, 3.63) is 94.6 Å². The van der Waals surface area contributed by atoms with Gasteiger partial charge >= 0.3 is 15.5 Å². The minimum atomic E-state index is -5.63. The Morgan fingerprint density at radius 2 is 0.912 bits per heavy atom. The van der Waals surface area contributed by atoms with Crippen LogP contribution >= 0.6 is 0 Å². The van der Waals surface area contributed by atoms with Crippen molar-refractivity contribution in [2.45, 2.75) is 74.4 Å². The van der Waals surface area contributed by atoms with Crippen LogP contribution in [0.25, 0.3) is 0 Å². The van der Waals surface area contributed by atoms with Crippen molar-refractivity contribution in [1.29, 1.82) is 0 Å². The molecule has 3 N–H and O–H groups in total. The summed E-state index contributed by atoms with van der Waals surface area (Å²) in [6.07, 6.45) is 2.09. The monoisotopic (exact) mass is 869 g/mol. The smallest absolute Gasteiger partial charge is 0.294 e. The Morgan fingerprint density at radius 3 is 1.21 bits per heavy atom. The van der Waals surface area contributed by atoms with Crippen LogP contribution in [0.5, 0.6) is 0 Å². The number of benzene rings is 3. The molecule has 0 radical (unpaired) electrons. The summed E-state index contributed by atoms with van der Waals surface area (Å²) in [5.74, 6) is -2.64. The molecule has 3 aromatic rings. The average Bonchev–Trinajstić information content (AvgIpc) is 3.01. The van der Waals surface area contributed by atoms with Gasteiger partial charge in [0, 0.05) is 28.4 Å². The fourth-order valence-corrected chi connectivity index (χ4v) is 5.72. The molecular weight excluding hydrogens is 822 g/mol. The van der Waals surface area contributed by atoms with E-state index in [2.05, 4.69) is 9.44 Å². The van der Waals surface area contributed by atoms with Crippen molar-refractivity contribution in [2.75, 3.05) is 22.0 Å². The van der Waals surface area contributed by atoms with Crippen LogP contribution in [0.3, 0.4) is 0 Å². The molecule has 0 aliphatic rings. The number of ketones is 3. The summed E-state index contributed by atoms with van der Waals surface area (Å²) in [5.41, 5.74) is -6.90. The van der Waals surface area contributed by atoms with E-state index >= 15 is 0 Å². The molecule has 20 heteroatoms. The number of alkyl halides is 3. The van der Waals surface area contributed by atoms with E-state index in [-0.39, 0.29) is 34.9 Å². The number of carbonyl (C=O) groups is 3. The zero-order valence-electron chi connectivity index (χ0n) is 33.3. The first-order valence-electron chi connectivity index (χ1n) is 16.7. The molecule has 318 valence electrons. The van der Waals surface area contributed by atoms with Crippen molar-refractivity contribution < 1.29 is 61.6 Å². The average molecular weight is 870 g/mol. The molecule has 3 rings (SSSR count). The lowest BCUT2D eigenvalue weighted by molar-refractivity contribution is -0.0429. The lowest BCUT2D eigenvalue weighted by Crippen LogP contribution is -2.30. The Kier molecular flexibility index (Phi) is 16.5. The van der Waals surface area contributed by atoms with Crippen molar-refractivity contribution >= 4 is 58.8 Å². The quantitative estimate of drug-likeness (QED) is 0.135. The molecular formula is C37H48F5N3O9S3. The minimum absolute atomic E-state index is 0.0402. The van der Waals surface area contributed by atoms with Crippen LogP contribution in [0, 0.1) is 27.9 Å². The number of rotatable bonds is 10. The van der Waals surface area contributed by atoms with Crippen LogP contribution in [0.1, 0.15) is 99.0 Å².